The maximum absolute atomic E-state index is 5.88. The van der Waals surface area contributed by atoms with Gasteiger partial charge in [-0.25, -0.2) is 4.98 Å². The summed E-state index contributed by atoms with van der Waals surface area (Å²) in [6.45, 7) is 4.30. The van der Waals surface area contributed by atoms with Crippen molar-refractivity contribution in [3.05, 3.63) is 89.6 Å². The molecule has 168 valence electrons. The van der Waals surface area contributed by atoms with Gasteiger partial charge < -0.3 is 19.0 Å². The van der Waals surface area contributed by atoms with Crippen molar-refractivity contribution in [2.75, 3.05) is 26.9 Å². The summed E-state index contributed by atoms with van der Waals surface area (Å²) >= 11 is 0. The number of hydrogen-bond acceptors (Lipinski definition) is 6. The largest absolute Gasteiger partial charge is 0.487 e. The van der Waals surface area contributed by atoms with Crippen LogP contribution in [0.1, 0.15) is 30.0 Å². The molecule has 6 nitrogen and oxygen atoms in total. The molecule has 0 saturated carbocycles. The Labute approximate surface area is 189 Å². The SMILES string of the molecule is CCOCCCc1ccc(OCc2ccc(OC/C(=N\OC)c3ccccc3)cc2)nc1. The van der Waals surface area contributed by atoms with Gasteiger partial charge in [-0.2, -0.15) is 0 Å². The van der Waals surface area contributed by atoms with Crippen LogP contribution in [0.25, 0.3) is 0 Å². The van der Waals surface area contributed by atoms with Gasteiger partial charge in [0.1, 0.15) is 31.8 Å². The topological polar surface area (TPSA) is 62.2 Å². The molecule has 0 N–H and O–H groups in total. The third kappa shape index (κ3) is 7.71. The zero-order chi connectivity index (χ0) is 22.4. The summed E-state index contributed by atoms with van der Waals surface area (Å²) in [6.07, 6.45) is 3.81. The Morgan fingerprint density at radius 2 is 1.69 bits per heavy atom. The van der Waals surface area contributed by atoms with Crippen molar-refractivity contribution in [3.63, 3.8) is 0 Å². The number of aryl methyl sites for hydroxylation is 1. The highest BCUT2D eigenvalue weighted by molar-refractivity contribution is 6.01. The molecule has 0 radical (unpaired) electrons. The van der Waals surface area contributed by atoms with E-state index in [0.29, 0.717) is 19.1 Å². The zero-order valence-electron chi connectivity index (χ0n) is 18.7. The lowest BCUT2D eigenvalue weighted by atomic mass is 10.1. The van der Waals surface area contributed by atoms with Gasteiger partial charge >= 0.3 is 0 Å². The fourth-order valence-corrected chi connectivity index (χ4v) is 3.06. The second-order valence-corrected chi connectivity index (χ2v) is 7.11. The highest BCUT2D eigenvalue weighted by Crippen LogP contribution is 2.16. The van der Waals surface area contributed by atoms with Crippen molar-refractivity contribution in [1.29, 1.82) is 0 Å². The van der Waals surface area contributed by atoms with Crippen LogP contribution in [0.15, 0.2) is 78.1 Å². The number of pyridine rings is 1. The molecule has 0 unspecified atom stereocenters. The minimum atomic E-state index is 0.314. The van der Waals surface area contributed by atoms with E-state index in [4.69, 9.17) is 19.0 Å². The number of oxime groups is 1. The lowest BCUT2D eigenvalue weighted by Gasteiger charge is -2.10. The summed E-state index contributed by atoms with van der Waals surface area (Å²) < 4.78 is 17.1. The fourth-order valence-electron chi connectivity index (χ4n) is 3.06. The molecule has 1 heterocycles. The summed E-state index contributed by atoms with van der Waals surface area (Å²) in [6, 6.07) is 21.6. The van der Waals surface area contributed by atoms with Gasteiger partial charge in [-0.3, -0.25) is 0 Å². The molecule has 6 heteroatoms. The van der Waals surface area contributed by atoms with Crippen molar-refractivity contribution >= 4 is 5.71 Å². The first kappa shape index (κ1) is 23.3. The number of rotatable bonds is 13. The zero-order valence-corrected chi connectivity index (χ0v) is 18.7. The van der Waals surface area contributed by atoms with Crippen molar-refractivity contribution in [3.8, 4) is 11.6 Å². The Morgan fingerprint density at radius 3 is 2.38 bits per heavy atom. The first-order valence-electron chi connectivity index (χ1n) is 10.8. The molecule has 0 fully saturated rings. The van der Waals surface area contributed by atoms with Crippen molar-refractivity contribution in [2.45, 2.75) is 26.4 Å². The van der Waals surface area contributed by atoms with E-state index < -0.39 is 0 Å². The van der Waals surface area contributed by atoms with Crippen LogP contribution in [0.3, 0.4) is 0 Å². The van der Waals surface area contributed by atoms with E-state index in [0.717, 1.165) is 48.6 Å². The molecular weight excluding hydrogens is 404 g/mol. The number of aromatic nitrogens is 1. The van der Waals surface area contributed by atoms with Gasteiger partial charge in [-0.15, -0.1) is 0 Å². The van der Waals surface area contributed by atoms with Crippen LogP contribution >= 0.6 is 0 Å². The molecule has 0 aliphatic heterocycles. The first-order valence-corrected chi connectivity index (χ1v) is 10.8. The molecule has 0 saturated heterocycles. The van der Waals surface area contributed by atoms with Crippen LogP contribution in [-0.2, 0) is 22.6 Å². The Morgan fingerprint density at radius 1 is 0.906 bits per heavy atom. The standard InChI is InChI=1S/C26H30N2O4/c1-3-30-17-7-8-21-13-16-26(27-18-21)32-19-22-11-14-24(15-12-22)31-20-25(28-29-2)23-9-5-4-6-10-23/h4-6,9-16,18H,3,7-8,17,19-20H2,1-2H3/b28-25+. The van der Waals surface area contributed by atoms with Crippen molar-refractivity contribution < 1.29 is 19.0 Å². The van der Waals surface area contributed by atoms with Crippen molar-refractivity contribution in [2.24, 2.45) is 5.16 Å². The Balaban J connectivity index is 1.46. The minimum absolute atomic E-state index is 0.314. The average molecular weight is 435 g/mol. The highest BCUT2D eigenvalue weighted by atomic mass is 16.6. The molecule has 0 aliphatic rings. The van der Waals surface area contributed by atoms with Crippen LogP contribution < -0.4 is 9.47 Å². The molecule has 0 amide bonds. The maximum Gasteiger partial charge on any atom is 0.213 e. The number of benzene rings is 2. The normalized spacial score (nSPS) is 11.2. The quantitative estimate of drug-likeness (QED) is 0.214. The Hall–Kier alpha value is -3.38. The number of hydrogen-bond donors (Lipinski definition) is 0. The summed E-state index contributed by atoms with van der Waals surface area (Å²) in [5.74, 6) is 1.37. The van der Waals surface area contributed by atoms with Gasteiger partial charge in [0, 0.05) is 31.0 Å². The third-order valence-electron chi connectivity index (χ3n) is 4.75. The summed E-state index contributed by atoms with van der Waals surface area (Å²) in [4.78, 5) is 9.35. The van der Waals surface area contributed by atoms with Crippen LogP contribution in [0, 0.1) is 0 Å². The Bertz CT molecular complexity index is 942. The minimum Gasteiger partial charge on any atom is -0.487 e. The van der Waals surface area contributed by atoms with Crippen LogP contribution in [0.2, 0.25) is 0 Å². The average Bonchev–Trinajstić information content (AvgIpc) is 2.85. The predicted molar refractivity (Wildman–Crippen MR) is 125 cm³/mol. The van der Waals surface area contributed by atoms with E-state index in [-0.39, 0.29) is 0 Å². The summed E-state index contributed by atoms with van der Waals surface area (Å²) in [5, 5.41) is 4.08. The predicted octanol–water partition coefficient (Wildman–Crippen LogP) is 5.06. The molecule has 3 aromatic rings. The van der Waals surface area contributed by atoms with Crippen LogP contribution in [0.5, 0.6) is 11.6 Å². The van der Waals surface area contributed by atoms with Gasteiger partial charge in [-0.05, 0) is 43.0 Å². The Kier molecular flexibility index (Phi) is 9.55. The molecule has 3 rings (SSSR count). The monoisotopic (exact) mass is 434 g/mol. The van der Waals surface area contributed by atoms with Gasteiger partial charge in [0.15, 0.2) is 0 Å². The molecular formula is C26H30N2O4. The number of ether oxygens (including phenoxy) is 3. The second kappa shape index (κ2) is 13.1. The summed E-state index contributed by atoms with van der Waals surface area (Å²) in [5.41, 5.74) is 3.92. The maximum atomic E-state index is 5.88. The van der Waals surface area contributed by atoms with E-state index in [1.165, 1.54) is 12.7 Å². The summed E-state index contributed by atoms with van der Waals surface area (Å²) in [7, 11) is 1.53. The van der Waals surface area contributed by atoms with E-state index in [1.54, 1.807) is 0 Å². The van der Waals surface area contributed by atoms with E-state index >= 15 is 0 Å². The smallest absolute Gasteiger partial charge is 0.213 e. The van der Waals surface area contributed by atoms with E-state index in [2.05, 4.69) is 16.2 Å². The van der Waals surface area contributed by atoms with Gasteiger partial charge in [-0.1, -0.05) is 53.7 Å². The molecule has 0 aliphatic carbocycles. The van der Waals surface area contributed by atoms with E-state index in [9.17, 15) is 0 Å². The van der Waals surface area contributed by atoms with E-state index in [1.807, 2.05) is 73.8 Å². The van der Waals surface area contributed by atoms with Crippen LogP contribution in [0.4, 0.5) is 0 Å². The van der Waals surface area contributed by atoms with Gasteiger partial charge in [0.2, 0.25) is 5.88 Å². The van der Waals surface area contributed by atoms with Gasteiger partial charge in [0.25, 0.3) is 0 Å². The fraction of sp³-hybridized carbons (Fsp3) is 0.308. The molecule has 0 atom stereocenters. The first-order chi connectivity index (χ1) is 15.8. The van der Waals surface area contributed by atoms with Crippen LogP contribution in [-0.4, -0.2) is 37.6 Å². The second-order valence-electron chi connectivity index (χ2n) is 7.11. The molecule has 32 heavy (non-hydrogen) atoms. The molecule has 1 aromatic heterocycles. The molecule has 2 aromatic carbocycles. The lowest BCUT2D eigenvalue weighted by Crippen LogP contribution is -2.13. The molecule has 0 bridgehead atoms. The third-order valence-corrected chi connectivity index (χ3v) is 4.75. The van der Waals surface area contributed by atoms with Gasteiger partial charge in [0.05, 0.1) is 0 Å². The number of nitrogens with zero attached hydrogens (tertiary/aromatic N) is 2. The highest BCUT2D eigenvalue weighted by Gasteiger charge is 2.06. The lowest BCUT2D eigenvalue weighted by molar-refractivity contribution is 0.145. The molecule has 0 spiro atoms. The van der Waals surface area contributed by atoms with Crippen molar-refractivity contribution in [1.82, 2.24) is 4.98 Å².